The fourth-order valence-electron chi connectivity index (χ4n) is 9.73. The third-order valence-electron chi connectivity index (χ3n) is 13.2. The van der Waals surface area contributed by atoms with Crippen molar-refractivity contribution in [2.45, 2.75) is 105 Å². The van der Waals surface area contributed by atoms with Crippen LogP contribution in [-0.2, 0) is 46.4 Å². The van der Waals surface area contributed by atoms with Crippen molar-refractivity contribution < 1.29 is 38.2 Å². The van der Waals surface area contributed by atoms with Crippen molar-refractivity contribution in [2.24, 2.45) is 33.2 Å². The summed E-state index contributed by atoms with van der Waals surface area (Å²) in [6, 6.07) is 8.50. The number of hydrogen-bond acceptors (Lipinski definition) is 12. The van der Waals surface area contributed by atoms with Gasteiger partial charge in [-0.15, -0.1) is 11.8 Å². The minimum absolute atomic E-state index is 0.0191. The highest BCUT2D eigenvalue weighted by Gasteiger charge is 2.42. The van der Waals surface area contributed by atoms with Crippen LogP contribution in [0.25, 0.3) is 22.2 Å². The first-order valence-electron chi connectivity index (χ1n) is 22.7. The van der Waals surface area contributed by atoms with Gasteiger partial charge in [-0.25, -0.2) is 15.2 Å². The zero-order valence-electron chi connectivity index (χ0n) is 39.4. The molecule has 2 saturated heterocycles. The number of aryl methyl sites for hydroxylation is 1. The Morgan fingerprint density at radius 1 is 1.12 bits per heavy atom. The van der Waals surface area contributed by atoms with Gasteiger partial charge in [-0.05, 0) is 80.3 Å². The lowest BCUT2D eigenvalue weighted by Gasteiger charge is -2.34. The summed E-state index contributed by atoms with van der Waals surface area (Å²) >= 11 is 1.52. The summed E-state index contributed by atoms with van der Waals surface area (Å²) in [5.74, 6) is -2.40. The summed E-state index contributed by atoms with van der Waals surface area (Å²) in [5, 5.41) is 3.09. The number of benzene rings is 1. The number of hydrazine groups is 1. The molecule has 2 aromatic heterocycles. The van der Waals surface area contributed by atoms with E-state index in [1.165, 1.54) is 33.7 Å². The standard InChI is InChI=1S/C48H64N8O8S/c1-11-55-38-17-16-30-20-32(38)33(42(55)31-14-12-18-49-40(31)29(5)62-9)22-48(6,7)26-64-46(60)35-15-13-19-56(52-35)45(59)36(21-39-50-37(30)25-65-39)51-43(57)41(27(2)3)53(8)44(58)34-24-54(23-28(34)4)47(61)63-10/h12,14,16-18,20,27-29,34-35,37,41,52H,11,13,15,19,21-26H2,1-10H3/t28-,29-,34+,35-,37?,41-/m0/s1. The maximum absolute atomic E-state index is 14.6. The molecule has 6 atom stereocenters. The van der Waals surface area contributed by atoms with Crippen LogP contribution in [0.2, 0.25) is 0 Å². The highest BCUT2D eigenvalue weighted by molar-refractivity contribution is 8.14. The van der Waals surface area contributed by atoms with E-state index in [1.807, 2.05) is 33.8 Å². The van der Waals surface area contributed by atoms with Gasteiger partial charge in [-0.3, -0.25) is 34.2 Å². The largest absolute Gasteiger partial charge is 0.464 e. The first kappa shape index (κ1) is 47.8. The fraction of sp³-hybridized carbons (Fsp3) is 0.583. The second kappa shape index (κ2) is 19.8. The van der Waals surface area contributed by atoms with Crippen LogP contribution in [0.5, 0.6) is 0 Å². The lowest BCUT2D eigenvalue weighted by molar-refractivity contribution is -0.153. The molecule has 3 aromatic rings. The molecule has 6 heterocycles. The van der Waals surface area contributed by atoms with Crippen molar-refractivity contribution in [3.05, 3.63) is 53.3 Å². The van der Waals surface area contributed by atoms with E-state index < -0.39 is 47.3 Å². The molecule has 7 rings (SSSR count). The van der Waals surface area contributed by atoms with Crippen LogP contribution in [0.15, 0.2) is 46.5 Å². The predicted molar refractivity (Wildman–Crippen MR) is 250 cm³/mol. The van der Waals surface area contributed by atoms with Crippen molar-refractivity contribution in [1.82, 2.24) is 29.8 Å². The van der Waals surface area contributed by atoms with Crippen LogP contribution in [0.3, 0.4) is 0 Å². The Labute approximate surface area is 385 Å². The molecule has 65 heavy (non-hydrogen) atoms. The minimum atomic E-state index is -0.997. The van der Waals surface area contributed by atoms with Crippen molar-refractivity contribution in [2.75, 3.05) is 53.3 Å². The predicted octanol–water partition coefficient (Wildman–Crippen LogP) is 6.41. The van der Waals surface area contributed by atoms with Crippen LogP contribution in [-0.4, -0.2) is 130 Å². The molecule has 2 fully saturated rings. The number of hydrogen-bond donors (Lipinski definition) is 1. The van der Waals surface area contributed by atoms with Crippen molar-refractivity contribution >= 4 is 63.2 Å². The molecule has 4 aliphatic heterocycles. The van der Waals surface area contributed by atoms with Crippen LogP contribution in [0.4, 0.5) is 4.79 Å². The molecule has 350 valence electrons. The molecule has 17 heteroatoms. The molecule has 1 aromatic carbocycles. The molecular formula is C48H64N8O8S. The van der Waals surface area contributed by atoms with Gasteiger partial charge in [0.2, 0.25) is 5.91 Å². The Hall–Kier alpha value is -5.13. The summed E-state index contributed by atoms with van der Waals surface area (Å²) in [6.07, 6.45) is 2.56. The summed E-state index contributed by atoms with van der Waals surface area (Å²) in [5.41, 5.74) is 8.62. The van der Waals surface area contributed by atoms with Gasteiger partial charge < -0.3 is 28.6 Å². The normalized spacial score (nSPS) is 24.2. The van der Waals surface area contributed by atoms with E-state index >= 15 is 0 Å². The zero-order valence-corrected chi connectivity index (χ0v) is 40.2. The second-order valence-corrected chi connectivity index (χ2v) is 20.0. The van der Waals surface area contributed by atoms with Gasteiger partial charge in [0.15, 0.2) is 0 Å². The minimum Gasteiger partial charge on any atom is -0.464 e. The molecule has 0 radical (unpaired) electrons. The third kappa shape index (κ3) is 9.87. The Bertz CT molecular complexity index is 2390. The lowest BCUT2D eigenvalue weighted by atomic mass is 9.84. The summed E-state index contributed by atoms with van der Waals surface area (Å²) < 4.78 is 19.1. The first-order valence-corrected chi connectivity index (χ1v) is 23.7. The van der Waals surface area contributed by atoms with Gasteiger partial charge in [-0.1, -0.05) is 40.7 Å². The van der Waals surface area contributed by atoms with E-state index in [0.29, 0.717) is 43.1 Å². The van der Waals surface area contributed by atoms with E-state index in [1.54, 1.807) is 20.4 Å². The van der Waals surface area contributed by atoms with Gasteiger partial charge >= 0.3 is 12.1 Å². The van der Waals surface area contributed by atoms with Crippen LogP contribution >= 0.6 is 11.8 Å². The molecule has 0 aliphatic carbocycles. The first-order chi connectivity index (χ1) is 31.0. The average Bonchev–Trinajstić information content (AvgIpc) is 4.01. The number of cyclic esters (lactones) is 1. The van der Waals surface area contributed by atoms with E-state index in [4.69, 9.17) is 24.2 Å². The van der Waals surface area contributed by atoms with E-state index in [0.717, 1.165) is 39.0 Å². The van der Waals surface area contributed by atoms with E-state index in [2.05, 4.69) is 60.0 Å². The van der Waals surface area contributed by atoms with Crippen LogP contribution < -0.4 is 5.43 Å². The van der Waals surface area contributed by atoms with Gasteiger partial charge in [-0.2, -0.15) is 0 Å². The highest BCUT2D eigenvalue weighted by Crippen LogP contribution is 2.42. The number of nitrogens with zero attached hydrogens (tertiary/aromatic N) is 7. The summed E-state index contributed by atoms with van der Waals surface area (Å²) in [7, 11) is 4.56. The SMILES string of the molecule is CCn1c(-c2cccnc2[C@H](C)OC)c2c3cc(ccc31)C1CSC(=N1)CC(=NC(=O)[C@H](C(C)C)N(C)C(=O)[C@@H]1CN(C(=O)OC)C[C@@H]1C)C(=O)N1CCC[C@H](N1)C(=O)OCC(C)(C)C2. The highest BCUT2D eigenvalue weighted by atomic mass is 32.2. The Morgan fingerprint density at radius 2 is 1.89 bits per heavy atom. The molecule has 4 aliphatic rings. The molecule has 16 nitrogen and oxygen atoms in total. The third-order valence-corrected chi connectivity index (χ3v) is 14.3. The average molecular weight is 913 g/mol. The molecule has 6 bridgehead atoms. The molecule has 1 N–H and O–H groups in total. The van der Waals surface area contributed by atoms with Gasteiger partial charge in [0.25, 0.3) is 11.8 Å². The quantitative estimate of drug-likeness (QED) is 0.247. The van der Waals surface area contributed by atoms with E-state index in [-0.39, 0.29) is 61.7 Å². The van der Waals surface area contributed by atoms with Gasteiger partial charge in [0.1, 0.15) is 17.8 Å². The number of fused-ring (bicyclic) bond motifs is 5. The van der Waals surface area contributed by atoms with Crippen LogP contribution in [0, 0.1) is 23.2 Å². The molecule has 0 spiro atoms. The number of methoxy groups -OCH3 is 2. The van der Waals surface area contributed by atoms with E-state index in [9.17, 15) is 24.0 Å². The number of carbonyl (C=O) groups is 5. The maximum atomic E-state index is 14.6. The number of aromatic nitrogens is 2. The molecule has 0 saturated carbocycles. The lowest BCUT2D eigenvalue weighted by Crippen LogP contribution is -2.57. The number of aliphatic imine (C=N–C) groups is 2. The summed E-state index contributed by atoms with van der Waals surface area (Å²) in [4.78, 5) is 86.7. The number of carbonyl (C=O) groups excluding carboxylic acids is 5. The number of rotatable bonds is 8. The van der Waals surface area contributed by atoms with Gasteiger partial charge in [0.05, 0.1) is 48.2 Å². The number of likely N-dealkylation sites (tertiary alicyclic amines) is 1. The number of ether oxygens (including phenoxy) is 3. The number of pyridine rings is 1. The second-order valence-electron chi connectivity index (χ2n) is 18.9. The van der Waals surface area contributed by atoms with Crippen molar-refractivity contribution in [3.63, 3.8) is 0 Å². The monoisotopic (exact) mass is 912 g/mol. The zero-order chi connectivity index (χ0) is 46.9. The van der Waals surface area contributed by atoms with Gasteiger partial charge in [0, 0.05) is 80.6 Å². The van der Waals surface area contributed by atoms with Crippen LogP contribution in [0.1, 0.15) is 96.7 Å². The number of thioether (sulfide) groups is 1. The molecule has 4 amide bonds. The number of esters is 1. The number of nitrogens with one attached hydrogen (secondary N) is 1. The smallest absolute Gasteiger partial charge is 0.409 e. The Balaban J connectivity index is 1.29. The maximum Gasteiger partial charge on any atom is 0.409 e. The number of amides is 4. The van der Waals surface area contributed by atoms with Crippen molar-refractivity contribution in [3.8, 4) is 11.3 Å². The Kier molecular flexibility index (Phi) is 14.5. The Morgan fingerprint density at radius 3 is 2.60 bits per heavy atom. The molecular weight excluding hydrogens is 849 g/mol. The fourth-order valence-corrected chi connectivity index (χ4v) is 10.8. The molecule has 1 unspecified atom stereocenters. The summed E-state index contributed by atoms with van der Waals surface area (Å²) in [6.45, 7) is 15.5. The number of likely N-dealkylation sites (N-methyl/N-ethyl adjacent to an activating group) is 1. The van der Waals surface area contributed by atoms with Crippen molar-refractivity contribution in [1.29, 1.82) is 0 Å². The topological polar surface area (TPSA) is 177 Å².